The van der Waals surface area contributed by atoms with Gasteiger partial charge in [0.15, 0.2) is 0 Å². The van der Waals surface area contributed by atoms with Gasteiger partial charge in [0.25, 0.3) is 0 Å². The zero-order chi connectivity index (χ0) is 14.9. The van der Waals surface area contributed by atoms with E-state index in [0.717, 1.165) is 10.6 Å². The Labute approximate surface area is 111 Å². The molecule has 0 fully saturated rings. The summed E-state index contributed by atoms with van der Waals surface area (Å²) in [7, 11) is 0. The zero-order valence-corrected chi connectivity index (χ0v) is 10.5. The number of nitrogens with one attached hydrogen (secondary N) is 1. The Morgan fingerprint density at radius 3 is 2.70 bits per heavy atom. The van der Waals surface area contributed by atoms with Crippen molar-refractivity contribution >= 4 is 0 Å². The van der Waals surface area contributed by atoms with Crippen molar-refractivity contribution in [3.63, 3.8) is 0 Å². The van der Waals surface area contributed by atoms with E-state index < -0.39 is 30.5 Å². The zero-order valence-electron chi connectivity index (χ0n) is 10.5. The molecule has 0 spiro atoms. The van der Waals surface area contributed by atoms with E-state index in [9.17, 15) is 22.4 Å². The summed E-state index contributed by atoms with van der Waals surface area (Å²) < 4.78 is 50.9. The molecule has 20 heavy (non-hydrogen) atoms. The average molecular weight is 289 g/mol. The van der Waals surface area contributed by atoms with Crippen LogP contribution in [0.5, 0.6) is 0 Å². The molecule has 0 aliphatic heterocycles. The van der Waals surface area contributed by atoms with Crippen molar-refractivity contribution < 1.29 is 17.6 Å². The van der Waals surface area contributed by atoms with E-state index in [1.807, 2.05) is 0 Å². The van der Waals surface area contributed by atoms with Crippen LogP contribution < -0.4 is 5.69 Å². The van der Waals surface area contributed by atoms with Crippen molar-refractivity contribution in [1.82, 2.24) is 14.8 Å². The Balaban J connectivity index is 2.44. The number of benzene rings is 1. The Kier molecular flexibility index (Phi) is 3.65. The molecule has 1 N–H and O–H groups in total. The van der Waals surface area contributed by atoms with Gasteiger partial charge < -0.3 is 0 Å². The Morgan fingerprint density at radius 1 is 1.35 bits per heavy atom. The summed E-state index contributed by atoms with van der Waals surface area (Å²) in [6, 6.07) is 3.74. The number of hydrogen-bond donors (Lipinski definition) is 1. The van der Waals surface area contributed by atoms with Gasteiger partial charge in [-0.15, -0.1) is 0 Å². The maximum atomic E-state index is 13.3. The first-order valence-corrected chi connectivity index (χ1v) is 5.77. The molecule has 108 valence electrons. The second-order valence-corrected chi connectivity index (χ2v) is 4.33. The molecule has 0 unspecified atom stereocenters. The largest absolute Gasteiger partial charge is 0.389 e. The van der Waals surface area contributed by atoms with Crippen LogP contribution in [0.25, 0.3) is 5.69 Å². The normalized spacial score (nSPS) is 11.8. The topological polar surface area (TPSA) is 50.7 Å². The van der Waals surface area contributed by atoms with Gasteiger partial charge in [-0.2, -0.15) is 18.3 Å². The van der Waals surface area contributed by atoms with Crippen LogP contribution in [0.2, 0.25) is 0 Å². The molecule has 0 aliphatic carbocycles. The first kappa shape index (κ1) is 14.3. The summed E-state index contributed by atoms with van der Waals surface area (Å²) in [6.45, 7) is 1.63. The van der Waals surface area contributed by atoms with Crippen molar-refractivity contribution in [2.45, 2.75) is 25.9 Å². The van der Waals surface area contributed by atoms with Crippen LogP contribution in [0.1, 0.15) is 17.8 Å². The van der Waals surface area contributed by atoms with Crippen LogP contribution in [-0.2, 0) is 6.42 Å². The van der Waals surface area contributed by atoms with Crippen LogP contribution in [0.4, 0.5) is 17.6 Å². The van der Waals surface area contributed by atoms with Crippen molar-refractivity contribution in [2.24, 2.45) is 0 Å². The second kappa shape index (κ2) is 5.10. The van der Waals surface area contributed by atoms with Crippen LogP contribution in [0, 0.1) is 12.7 Å². The smallest absolute Gasteiger partial charge is 0.247 e. The summed E-state index contributed by atoms with van der Waals surface area (Å²) in [4.78, 5) is 11.7. The van der Waals surface area contributed by atoms with E-state index in [-0.39, 0.29) is 11.5 Å². The Hall–Kier alpha value is -2.12. The highest BCUT2D eigenvalue weighted by molar-refractivity contribution is 5.41. The SMILES string of the molecule is Cc1ccc(F)cc1-n1c(CCC(F)(F)F)n[nH]c1=O. The number of nitrogens with zero attached hydrogens (tertiary/aromatic N) is 2. The fourth-order valence-electron chi connectivity index (χ4n) is 1.82. The molecular weight excluding hydrogens is 278 g/mol. The van der Waals surface area contributed by atoms with Crippen molar-refractivity contribution in [1.29, 1.82) is 0 Å². The molecule has 2 rings (SSSR count). The Morgan fingerprint density at radius 2 is 2.05 bits per heavy atom. The molecule has 2 aromatic rings. The van der Waals surface area contributed by atoms with Crippen LogP contribution in [-0.4, -0.2) is 20.9 Å². The number of halogens is 4. The van der Waals surface area contributed by atoms with E-state index in [4.69, 9.17) is 0 Å². The maximum absolute atomic E-state index is 13.3. The molecule has 0 radical (unpaired) electrons. The Bertz CT molecular complexity index is 672. The lowest BCUT2D eigenvalue weighted by Gasteiger charge is -2.10. The molecule has 0 aliphatic rings. The molecule has 4 nitrogen and oxygen atoms in total. The van der Waals surface area contributed by atoms with E-state index in [2.05, 4.69) is 10.2 Å². The maximum Gasteiger partial charge on any atom is 0.389 e. The van der Waals surface area contributed by atoms with Gasteiger partial charge in [-0.1, -0.05) is 6.07 Å². The number of aromatic nitrogens is 3. The number of rotatable bonds is 3. The molecule has 0 saturated carbocycles. The summed E-state index contributed by atoms with van der Waals surface area (Å²) in [5, 5.41) is 5.66. The van der Waals surface area contributed by atoms with Crippen molar-refractivity contribution in [3.05, 3.63) is 45.9 Å². The van der Waals surface area contributed by atoms with Crippen LogP contribution in [0.15, 0.2) is 23.0 Å². The third kappa shape index (κ3) is 3.06. The fourth-order valence-corrected chi connectivity index (χ4v) is 1.82. The lowest BCUT2D eigenvalue weighted by atomic mass is 10.2. The van der Waals surface area contributed by atoms with Gasteiger partial charge in [0, 0.05) is 6.42 Å². The molecule has 0 saturated heterocycles. The number of aromatic amines is 1. The molecule has 1 aromatic heterocycles. The summed E-state index contributed by atoms with van der Waals surface area (Å²) in [5.41, 5.74) is 0.0416. The van der Waals surface area contributed by atoms with Crippen LogP contribution >= 0.6 is 0 Å². The fraction of sp³-hybridized carbons (Fsp3) is 0.333. The number of H-pyrrole nitrogens is 1. The molecule has 8 heteroatoms. The van der Waals surface area contributed by atoms with Gasteiger partial charge in [-0.25, -0.2) is 18.9 Å². The molecule has 0 amide bonds. The van der Waals surface area contributed by atoms with Gasteiger partial charge in [0.2, 0.25) is 0 Å². The third-order valence-corrected chi connectivity index (χ3v) is 2.79. The van der Waals surface area contributed by atoms with Gasteiger partial charge in [0.05, 0.1) is 12.1 Å². The lowest BCUT2D eigenvalue weighted by Crippen LogP contribution is -2.19. The minimum atomic E-state index is -4.35. The summed E-state index contributed by atoms with van der Waals surface area (Å²) in [5.74, 6) is -0.665. The van der Waals surface area contributed by atoms with Crippen molar-refractivity contribution in [2.75, 3.05) is 0 Å². The number of aryl methyl sites for hydroxylation is 2. The van der Waals surface area contributed by atoms with Crippen LogP contribution in [0.3, 0.4) is 0 Å². The van der Waals surface area contributed by atoms with Gasteiger partial charge >= 0.3 is 11.9 Å². The highest BCUT2D eigenvalue weighted by Gasteiger charge is 2.28. The summed E-state index contributed by atoms with van der Waals surface area (Å²) in [6.07, 6.45) is -5.92. The molecule has 1 heterocycles. The van der Waals surface area contributed by atoms with E-state index >= 15 is 0 Å². The van der Waals surface area contributed by atoms with Crippen molar-refractivity contribution in [3.8, 4) is 5.69 Å². The average Bonchev–Trinajstić information content (AvgIpc) is 2.70. The second-order valence-electron chi connectivity index (χ2n) is 4.33. The lowest BCUT2D eigenvalue weighted by molar-refractivity contribution is -0.134. The standard InChI is InChI=1S/C12H11F4N3O/c1-7-2-3-8(13)6-9(7)19-10(17-18-11(19)20)4-5-12(14,15)16/h2-3,6H,4-5H2,1H3,(H,18,20). The summed E-state index contributed by atoms with van der Waals surface area (Å²) >= 11 is 0. The van der Waals surface area contributed by atoms with E-state index in [1.54, 1.807) is 6.92 Å². The first-order valence-electron chi connectivity index (χ1n) is 5.77. The molecule has 0 atom stereocenters. The highest BCUT2D eigenvalue weighted by Crippen LogP contribution is 2.22. The monoisotopic (exact) mass is 289 g/mol. The number of alkyl halides is 3. The van der Waals surface area contributed by atoms with Gasteiger partial charge in [0.1, 0.15) is 11.6 Å². The third-order valence-electron chi connectivity index (χ3n) is 2.79. The molecule has 0 bridgehead atoms. The highest BCUT2D eigenvalue weighted by atomic mass is 19.4. The van der Waals surface area contributed by atoms with Gasteiger partial charge in [-0.05, 0) is 24.6 Å². The minimum Gasteiger partial charge on any atom is -0.247 e. The first-order chi connectivity index (χ1) is 9.28. The molecular formula is C12H11F4N3O. The van der Waals surface area contributed by atoms with Gasteiger partial charge in [-0.3, -0.25) is 0 Å². The predicted octanol–water partition coefficient (Wildman–Crippen LogP) is 2.50. The quantitative estimate of drug-likeness (QED) is 0.883. The van der Waals surface area contributed by atoms with E-state index in [1.165, 1.54) is 12.1 Å². The number of hydrogen-bond acceptors (Lipinski definition) is 2. The van der Waals surface area contributed by atoms with E-state index in [0.29, 0.717) is 5.56 Å². The molecule has 1 aromatic carbocycles. The predicted molar refractivity (Wildman–Crippen MR) is 63.3 cm³/mol. The minimum absolute atomic E-state index is 0.0824.